The van der Waals surface area contributed by atoms with Gasteiger partial charge in [0.25, 0.3) is 11.8 Å². The zero-order valence-corrected chi connectivity index (χ0v) is 19.4. The van der Waals surface area contributed by atoms with Crippen LogP contribution in [0.25, 0.3) is 10.6 Å². The van der Waals surface area contributed by atoms with Crippen molar-refractivity contribution in [2.45, 2.75) is 18.9 Å². The molecule has 0 spiro atoms. The molecule has 2 aliphatic rings. The van der Waals surface area contributed by atoms with Gasteiger partial charge in [0.2, 0.25) is 0 Å². The molecule has 4 bridgehead atoms. The summed E-state index contributed by atoms with van der Waals surface area (Å²) in [5, 5.41) is 16.0. The first-order valence-electron chi connectivity index (χ1n) is 11.3. The number of hydrogen-bond donors (Lipinski definition) is 3. The maximum absolute atomic E-state index is 13.0. The number of carbonyl (C=O) groups is 2. The molecule has 1 aromatic carbocycles. The highest BCUT2D eigenvalue weighted by Crippen LogP contribution is 2.28. The van der Waals surface area contributed by atoms with E-state index in [9.17, 15) is 9.59 Å². The van der Waals surface area contributed by atoms with Crippen LogP contribution in [0.2, 0.25) is 0 Å². The van der Waals surface area contributed by atoms with Gasteiger partial charge >= 0.3 is 0 Å². The highest BCUT2D eigenvalue weighted by Gasteiger charge is 2.24. The molecule has 1 saturated heterocycles. The number of amides is 2. The molecule has 0 aliphatic carbocycles. The Labute approximate surface area is 200 Å². The van der Waals surface area contributed by atoms with Crippen LogP contribution in [0.5, 0.6) is 0 Å². The second kappa shape index (κ2) is 10.3. The van der Waals surface area contributed by atoms with E-state index in [2.05, 4.69) is 26.0 Å². The van der Waals surface area contributed by atoms with Crippen LogP contribution in [0.1, 0.15) is 39.9 Å². The summed E-state index contributed by atoms with van der Waals surface area (Å²) in [7, 11) is 0. The number of aromatic nitrogens is 3. The molecule has 3 N–H and O–H groups in total. The average molecular weight is 483 g/mol. The molecule has 0 saturated carbocycles. The standard InChI is InChI=1S/C23H26N6O4S/c30-21-19-14-34-23(27-19)15-2-1-3-16(12-15)24-6-10-33-11-7-25-22(31)20-18(26-21)13-29(28-20)17-4-8-32-9-5-17/h1-3,12-14,17,24H,4-11H2,(H,25,31)(H,26,30). The topological polar surface area (TPSA) is 119 Å². The average Bonchev–Trinajstić information content (AvgIpc) is 3.52. The van der Waals surface area contributed by atoms with Gasteiger partial charge in [-0.3, -0.25) is 14.3 Å². The van der Waals surface area contributed by atoms with Crippen molar-refractivity contribution in [1.29, 1.82) is 0 Å². The zero-order chi connectivity index (χ0) is 23.3. The summed E-state index contributed by atoms with van der Waals surface area (Å²) < 4.78 is 12.8. The summed E-state index contributed by atoms with van der Waals surface area (Å²) in [5.41, 5.74) is 2.69. The van der Waals surface area contributed by atoms with Crippen LogP contribution in [0.3, 0.4) is 0 Å². The molecule has 4 heterocycles. The van der Waals surface area contributed by atoms with Gasteiger partial charge in [0, 0.05) is 49.1 Å². The molecule has 2 amide bonds. The van der Waals surface area contributed by atoms with E-state index in [1.807, 2.05) is 24.3 Å². The van der Waals surface area contributed by atoms with Crippen molar-refractivity contribution in [1.82, 2.24) is 20.1 Å². The molecular weight excluding hydrogens is 456 g/mol. The third-order valence-corrected chi connectivity index (χ3v) is 6.61. The predicted molar refractivity (Wildman–Crippen MR) is 128 cm³/mol. The minimum absolute atomic E-state index is 0.113. The molecule has 2 aromatic heterocycles. The quantitative estimate of drug-likeness (QED) is 0.488. The lowest BCUT2D eigenvalue weighted by Gasteiger charge is -2.22. The third kappa shape index (κ3) is 5.11. The molecule has 2 aliphatic heterocycles. The molecule has 11 heteroatoms. The molecule has 0 atom stereocenters. The Balaban J connectivity index is 1.44. The second-order valence-corrected chi connectivity index (χ2v) is 8.94. The number of carbonyl (C=O) groups excluding carboxylic acids is 2. The highest BCUT2D eigenvalue weighted by molar-refractivity contribution is 7.13. The van der Waals surface area contributed by atoms with Crippen molar-refractivity contribution in [2.24, 2.45) is 0 Å². The minimum atomic E-state index is -0.387. The molecule has 1 fully saturated rings. The van der Waals surface area contributed by atoms with Crippen molar-refractivity contribution < 1.29 is 19.1 Å². The van der Waals surface area contributed by atoms with Crippen molar-refractivity contribution in [3.63, 3.8) is 0 Å². The van der Waals surface area contributed by atoms with Crippen molar-refractivity contribution >= 4 is 34.5 Å². The maximum Gasteiger partial charge on any atom is 0.275 e. The SMILES string of the molecule is O=C1Nc2cn(C3CCOCC3)nc2C(=O)NCCOCCNc2cccc(c2)-c2nc1cs2. The van der Waals surface area contributed by atoms with Crippen LogP contribution in [-0.2, 0) is 9.47 Å². The van der Waals surface area contributed by atoms with Crippen molar-refractivity contribution in [3.8, 4) is 10.6 Å². The normalized spacial score (nSPS) is 18.1. The van der Waals surface area contributed by atoms with Crippen LogP contribution in [0, 0.1) is 0 Å². The van der Waals surface area contributed by atoms with Crippen LogP contribution >= 0.6 is 11.3 Å². The van der Waals surface area contributed by atoms with Gasteiger partial charge in [-0.25, -0.2) is 4.98 Å². The summed E-state index contributed by atoms with van der Waals surface area (Å²) in [6.07, 6.45) is 3.32. The lowest BCUT2D eigenvalue weighted by Crippen LogP contribution is -2.29. The Morgan fingerprint density at radius 2 is 1.79 bits per heavy atom. The Morgan fingerprint density at radius 1 is 1.00 bits per heavy atom. The number of benzene rings is 1. The smallest absolute Gasteiger partial charge is 0.275 e. The fraction of sp³-hybridized carbons (Fsp3) is 0.391. The van der Waals surface area contributed by atoms with Gasteiger partial charge in [-0.1, -0.05) is 12.1 Å². The predicted octanol–water partition coefficient (Wildman–Crippen LogP) is 2.78. The van der Waals surface area contributed by atoms with Gasteiger partial charge < -0.3 is 25.4 Å². The number of hydrogen-bond acceptors (Lipinski definition) is 8. The maximum atomic E-state index is 13.0. The summed E-state index contributed by atoms with van der Waals surface area (Å²) >= 11 is 1.39. The Hall–Kier alpha value is -3.28. The van der Waals surface area contributed by atoms with Gasteiger partial charge in [-0.2, -0.15) is 5.10 Å². The third-order valence-electron chi connectivity index (χ3n) is 5.71. The zero-order valence-electron chi connectivity index (χ0n) is 18.6. The van der Waals surface area contributed by atoms with E-state index in [1.54, 1.807) is 16.3 Å². The van der Waals surface area contributed by atoms with E-state index in [-0.39, 0.29) is 29.2 Å². The summed E-state index contributed by atoms with van der Waals surface area (Å²) in [6.45, 7) is 3.12. The van der Waals surface area contributed by atoms with Gasteiger partial charge in [0.1, 0.15) is 10.7 Å². The van der Waals surface area contributed by atoms with E-state index in [0.29, 0.717) is 45.2 Å². The Morgan fingerprint density at radius 3 is 2.65 bits per heavy atom. The molecule has 0 unspecified atom stereocenters. The van der Waals surface area contributed by atoms with Crippen molar-refractivity contribution in [2.75, 3.05) is 50.2 Å². The van der Waals surface area contributed by atoms with Crippen LogP contribution in [0.4, 0.5) is 11.4 Å². The van der Waals surface area contributed by atoms with E-state index in [4.69, 9.17) is 9.47 Å². The van der Waals surface area contributed by atoms with E-state index >= 15 is 0 Å². The second-order valence-electron chi connectivity index (χ2n) is 8.08. The molecule has 34 heavy (non-hydrogen) atoms. The number of fused-ring (bicyclic) bond motifs is 6. The van der Waals surface area contributed by atoms with Gasteiger partial charge in [-0.05, 0) is 25.0 Å². The largest absolute Gasteiger partial charge is 0.383 e. The molecular formula is C23H26N6O4S. The summed E-state index contributed by atoms with van der Waals surface area (Å²) in [4.78, 5) is 30.4. The van der Waals surface area contributed by atoms with E-state index in [1.165, 1.54) is 11.3 Å². The van der Waals surface area contributed by atoms with E-state index in [0.717, 1.165) is 29.1 Å². The number of nitrogens with zero attached hydrogens (tertiary/aromatic N) is 3. The van der Waals surface area contributed by atoms with E-state index < -0.39 is 0 Å². The monoisotopic (exact) mass is 482 g/mol. The Kier molecular flexibility index (Phi) is 6.84. The van der Waals surface area contributed by atoms with Crippen LogP contribution < -0.4 is 16.0 Å². The Bertz CT molecular complexity index is 1170. The summed E-state index contributed by atoms with van der Waals surface area (Å²) in [6, 6.07) is 7.99. The first kappa shape index (κ1) is 22.5. The molecule has 3 aromatic rings. The van der Waals surface area contributed by atoms with Crippen LogP contribution in [0.15, 0.2) is 35.8 Å². The lowest BCUT2D eigenvalue weighted by atomic mass is 10.1. The number of ether oxygens (including phenoxy) is 2. The number of nitrogens with one attached hydrogen (secondary N) is 3. The molecule has 10 nitrogen and oxygen atoms in total. The molecule has 0 radical (unpaired) electrons. The van der Waals surface area contributed by atoms with Gasteiger partial charge in [0.15, 0.2) is 5.69 Å². The lowest BCUT2D eigenvalue weighted by molar-refractivity contribution is 0.0660. The summed E-state index contributed by atoms with van der Waals surface area (Å²) in [5.74, 6) is -0.750. The fourth-order valence-corrected chi connectivity index (χ4v) is 4.73. The van der Waals surface area contributed by atoms with Crippen LogP contribution in [-0.4, -0.2) is 66.1 Å². The van der Waals surface area contributed by atoms with Gasteiger partial charge in [-0.15, -0.1) is 11.3 Å². The highest BCUT2D eigenvalue weighted by atomic mass is 32.1. The number of anilines is 2. The fourth-order valence-electron chi connectivity index (χ4n) is 3.94. The van der Waals surface area contributed by atoms with Crippen molar-refractivity contribution in [3.05, 3.63) is 47.2 Å². The first-order valence-corrected chi connectivity index (χ1v) is 12.2. The first-order chi connectivity index (χ1) is 16.7. The number of rotatable bonds is 1. The molecule has 5 rings (SSSR count). The minimum Gasteiger partial charge on any atom is -0.383 e. The van der Waals surface area contributed by atoms with Gasteiger partial charge in [0.05, 0.1) is 24.9 Å². The number of thiazole rings is 1. The molecule has 178 valence electrons.